The molecule has 1 aliphatic carbocycles. The second kappa shape index (κ2) is 8.65. The molecule has 1 fully saturated rings. The summed E-state index contributed by atoms with van der Waals surface area (Å²) in [4.78, 5) is 37.3. The molecule has 0 spiro atoms. The number of carboxylic acids is 1. The summed E-state index contributed by atoms with van der Waals surface area (Å²) in [5.41, 5.74) is 3.81. The van der Waals surface area contributed by atoms with E-state index in [0.717, 1.165) is 11.1 Å². The minimum Gasteiger partial charge on any atom is -0.481 e. The zero-order chi connectivity index (χ0) is 22.9. The van der Waals surface area contributed by atoms with Crippen molar-refractivity contribution in [3.05, 3.63) is 59.7 Å². The van der Waals surface area contributed by atoms with Crippen molar-refractivity contribution < 1.29 is 24.2 Å². The minimum atomic E-state index is -0.883. The number of hydrogen-bond acceptors (Lipinski definition) is 4. The largest absolute Gasteiger partial charge is 0.481 e. The number of nitrogens with one attached hydrogen (secondary N) is 1. The molecule has 4 rings (SSSR count). The van der Waals surface area contributed by atoms with E-state index in [4.69, 9.17) is 9.84 Å². The molecule has 2 amide bonds. The lowest BCUT2D eigenvalue weighted by atomic mass is 9.81. The van der Waals surface area contributed by atoms with Gasteiger partial charge in [-0.2, -0.15) is 0 Å². The number of ether oxygens (including phenoxy) is 1. The minimum absolute atomic E-state index is 0.00196. The molecule has 2 aliphatic rings. The number of benzene rings is 2. The Morgan fingerprint density at radius 1 is 1.09 bits per heavy atom. The van der Waals surface area contributed by atoms with E-state index in [1.54, 1.807) is 11.8 Å². The maximum Gasteiger partial charge on any atom is 0.407 e. The molecule has 1 atom stereocenters. The Kier molecular flexibility index (Phi) is 5.91. The molecule has 168 valence electrons. The quantitative estimate of drug-likeness (QED) is 0.693. The number of likely N-dealkylation sites (tertiary alicyclic amines) is 1. The number of rotatable bonds is 7. The molecule has 1 unspecified atom stereocenters. The lowest BCUT2D eigenvalue weighted by molar-refractivity contribution is -0.164. The van der Waals surface area contributed by atoms with Crippen molar-refractivity contribution in [3.63, 3.8) is 0 Å². The number of nitrogens with zero attached hydrogens (tertiary/aromatic N) is 1. The Balaban J connectivity index is 1.24. The molecular formula is C25H28N2O5. The average molecular weight is 437 g/mol. The standard InChI is InChI=1S/C25H28N2O5/c1-16(11-22(28)27-14-25(2,15-27)23(29)30)12-26-24(31)32-13-21-19-9-5-3-7-17(19)18-8-4-6-10-20(18)21/h3-10,16,21H,11-15H2,1-2H3,(H,26,31)(H,29,30). The Labute approximate surface area is 187 Å². The molecule has 7 nitrogen and oxygen atoms in total. The lowest BCUT2D eigenvalue weighted by Crippen LogP contribution is -2.60. The van der Waals surface area contributed by atoms with Crippen molar-refractivity contribution in [1.82, 2.24) is 10.2 Å². The normalized spacial score (nSPS) is 17.0. The third kappa shape index (κ3) is 4.20. The molecule has 1 heterocycles. The number of carbonyl (C=O) groups excluding carboxylic acids is 2. The number of amides is 2. The van der Waals surface area contributed by atoms with Crippen LogP contribution in [0.3, 0.4) is 0 Å². The summed E-state index contributed by atoms with van der Waals surface area (Å²) < 4.78 is 5.52. The highest BCUT2D eigenvalue weighted by atomic mass is 16.5. The van der Waals surface area contributed by atoms with Gasteiger partial charge in [-0.15, -0.1) is 0 Å². The fourth-order valence-corrected chi connectivity index (χ4v) is 4.51. The Morgan fingerprint density at radius 2 is 1.66 bits per heavy atom. The van der Waals surface area contributed by atoms with Gasteiger partial charge in [0.1, 0.15) is 6.61 Å². The van der Waals surface area contributed by atoms with Gasteiger partial charge in [0, 0.05) is 32.0 Å². The van der Waals surface area contributed by atoms with Gasteiger partial charge in [0.2, 0.25) is 5.91 Å². The van der Waals surface area contributed by atoms with Crippen molar-refractivity contribution >= 4 is 18.0 Å². The van der Waals surface area contributed by atoms with Crippen LogP contribution >= 0.6 is 0 Å². The molecule has 7 heteroatoms. The van der Waals surface area contributed by atoms with Crippen LogP contribution in [0.5, 0.6) is 0 Å². The van der Waals surface area contributed by atoms with Crippen LogP contribution in [-0.2, 0) is 14.3 Å². The van der Waals surface area contributed by atoms with E-state index in [1.807, 2.05) is 31.2 Å². The Hall–Kier alpha value is -3.35. The van der Waals surface area contributed by atoms with E-state index >= 15 is 0 Å². The van der Waals surface area contributed by atoms with Crippen LogP contribution in [0.1, 0.15) is 37.3 Å². The summed E-state index contributed by atoms with van der Waals surface area (Å²) in [5.74, 6) is -1.06. The van der Waals surface area contributed by atoms with E-state index in [-0.39, 0.29) is 43.9 Å². The molecular weight excluding hydrogens is 408 g/mol. The lowest BCUT2D eigenvalue weighted by Gasteiger charge is -2.45. The van der Waals surface area contributed by atoms with Crippen molar-refractivity contribution in [2.75, 3.05) is 26.2 Å². The van der Waals surface area contributed by atoms with E-state index in [0.29, 0.717) is 6.54 Å². The molecule has 2 aromatic carbocycles. The van der Waals surface area contributed by atoms with Crippen LogP contribution < -0.4 is 5.32 Å². The highest BCUT2D eigenvalue weighted by Crippen LogP contribution is 2.44. The predicted octanol–water partition coefficient (Wildman–Crippen LogP) is 3.48. The van der Waals surface area contributed by atoms with E-state index in [1.165, 1.54) is 11.1 Å². The van der Waals surface area contributed by atoms with Crippen molar-refractivity contribution in [2.45, 2.75) is 26.2 Å². The molecule has 0 bridgehead atoms. The first-order valence-corrected chi connectivity index (χ1v) is 10.9. The van der Waals surface area contributed by atoms with E-state index < -0.39 is 17.5 Å². The molecule has 0 saturated carbocycles. The molecule has 1 aliphatic heterocycles. The van der Waals surface area contributed by atoms with E-state index in [2.05, 4.69) is 29.6 Å². The fraction of sp³-hybridized carbons (Fsp3) is 0.400. The van der Waals surface area contributed by atoms with Gasteiger partial charge in [-0.1, -0.05) is 55.5 Å². The Bertz CT molecular complexity index is 999. The SMILES string of the molecule is CC(CNC(=O)OCC1c2ccccc2-c2ccccc21)CC(=O)N1CC(C)(C(=O)O)C1. The summed E-state index contributed by atoms with van der Waals surface area (Å²) in [7, 11) is 0. The van der Waals surface area contributed by atoms with Crippen LogP contribution in [-0.4, -0.2) is 54.2 Å². The van der Waals surface area contributed by atoms with Crippen LogP contribution in [0.4, 0.5) is 4.79 Å². The van der Waals surface area contributed by atoms with Crippen LogP contribution in [0.2, 0.25) is 0 Å². The average Bonchev–Trinajstić information content (AvgIpc) is 3.07. The van der Waals surface area contributed by atoms with E-state index in [9.17, 15) is 14.4 Å². The number of carboxylic acid groups (broad SMARTS) is 1. The number of alkyl carbamates (subject to hydrolysis) is 1. The number of aliphatic carboxylic acids is 1. The monoisotopic (exact) mass is 436 g/mol. The van der Waals surface area contributed by atoms with Crippen LogP contribution in [0.25, 0.3) is 11.1 Å². The summed E-state index contributed by atoms with van der Waals surface area (Å²) in [5, 5.41) is 11.9. The topological polar surface area (TPSA) is 95.9 Å². The molecule has 1 saturated heterocycles. The summed E-state index contributed by atoms with van der Waals surface area (Å²) in [6.07, 6.45) is -0.257. The van der Waals surface area contributed by atoms with Crippen LogP contribution in [0, 0.1) is 11.3 Å². The summed E-state index contributed by atoms with van der Waals surface area (Å²) in [6.45, 7) is 4.53. The molecule has 0 aromatic heterocycles. The number of hydrogen-bond donors (Lipinski definition) is 2. The first kappa shape index (κ1) is 21.9. The Morgan fingerprint density at radius 3 is 2.22 bits per heavy atom. The first-order chi connectivity index (χ1) is 15.3. The first-order valence-electron chi connectivity index (χ1n) is 10.9. The predicted molar refractivity (Wildman–Crippen MR) is 119 cm³/mol. The highest BCUT2D eigenvalue weighted by molar-refractivity contribution is 5.83. The van der Waals surface area contributed by atoms with Gasteiger partial charge in [-0.25, -0.2) is 4.79 Å². The van der Waals surface area contributed by atoms with Crippen molar-refractivity contribution in [2.24, 2.45) is 11.3 Å². The zero-order valence-corrected chi connectivity index (χ0v) is 18.3. The summed E-state index contributed by atoms with van der Waals surface area (Å²) in [6, 6.07) is 16.3. The van der Waals surface area contributed by atoms with Gasteiger partial charge in [-0.05, 0) is 35.1 Å². The fourth-order valence-electron chi connectivity index (χ4n) is 4.51. The second-order valence-electron chi connectivity index (χ2n) is 9.13. The number of fused-ring (bicyclic) bond motifs is 3. The van der Waals surface area contributed by atoms with Gasteiger partial charge in [0.15, 0.2) is 0 Å². The molecule has 32 heavy (non-hydrogen) atoms. The second-order valence-corrected chi connectivity index (χ2v) is 9.13. The smallest absolute Gasteiger partial charge is 0.407 e. The highest BCUT2D eigenvalue weighted by Gasteiger charge is 2.47. The molecule has 2 aromatic rings. The third-order valence-electron chi connectivity index (χ3n) is 6.41. The van der Waals surface area contributed by atoms with Gasteiger partial charge in [0.25, 0.3) is 0 Å². The van der Waals surface area contributed by atoms with Gasteiger partial charge < -0.3 is 20.1 Å². The van der Waals surface area contributed by atoms with Crippen LogP contribution in [0.15, 0.2) is 48.5 Å². The zero-order valence-electron chi connectivity index (χ0n) is 18.3. The maximum atomic E-state index is 12.3. The number of carbonyl (C=O) groups is 3. The molecule has 2 N–H and O–H groups in total. The van der Waals surface area contributed by atoms with Gasteiger partial charge >= 0.3 is 12.1 Å². The van der Waals surface area contributed by atoms with Crippen molar-refractivity contribution in [3.8, 4) is 11.1 Å². The molecule has 0 radical (unpaired) electrons. The third-order valence-corrected chi connectivity index (χ3v) is 6.41. The van der Waals surface area contributed by atoms with Gasteiger partial charge in [-0.3, -0.25) is 9.59 Å². The van der Waals surface area contributed by atoms with Crippen molar-refractivity contribution in [1.29, 1.82) is 0 Å². The summed E-state index contributed by atoms with van der Waals surface area (Å²) >= 11 is 0. The maximum absolute atomic E-state index is 12.3. The van der Waals surface area contributed by atoms with Gasteiger partial charge in [0.05, 0.1) is 5.41 Å².